The van der Waals surface area contributed by atoms with Crippen molar-refractivity contribution in [3.63, 3.8) is 0 Å². The van der Waals surface area contributed by atoms with Gasteiger partial charge in [0.15, 0.2) is 0 Å². The number of nitrogens with two attached hydrogens (primary N) is 1. The van der Waals surface area contributed by atoms with Gasteiger partial charge in [-0.1, -0.05) is 25.4 Å². The number of carbonyl (C=O) groups is 1. The van der Waals surface area contributed by atoms with E-state index < -0.39 is 5.97 Å². The van der Waals surface area contributed by atoms with Gasteiger partial charge in [-0.3, -0.25) is 0 Å². The van der Waals surface area contributed by atoms with E-state index in [2.05, 4.69) is 19.2 Å². The van der Waals surface area contributed by atoms with Crippen LogP contribution in [0.5, 0.6) is 0 Å². The molecular weight excluding hydrogens is 264 g/mol. The Morgan fingerprint density at radius 1 is 1.42 bits per heavy atom. The zero-order valence-electron chi connectivity index (χ0n) is 11.4. The maximum absolute atomic E-state index is 11.8. The third-order valence-electron chi connectivity index (χ3n) is 2.97. The van der Waals surface area contributed by atoms with Crippen LogP contribution in [0.3, 0.4) is 0 Å². The lowest BCUT2D eigenvalue weighted by Crippen LogP contribution is -2.31. The zero-order chi connectivity index (χ0) is 14.3. The summed E-state index contributed by atoms with van der Waals surface area (Å²) in [6, 6.07) is 5.22. The summed E-state index contributed by atoms with van der Waals surface area (Å²) in [7, 11) is 0. The second kappa shape index (κ2) is 8.02. The Balaban J connectivity index is 2.39. The number of ether oxygens (including phenoxy) is 1. The van der Waals surface area contributed by atoms with E-state index in [0.717, 1.165) is 12.8 Å². The van der Waals surface area contributed by atoms with Crippen molar-refractivity contribution in [1.29, 1.82) is 0 Å². The molecule has 5 heteroatoms. The molecule has 19 heavy (non-hydrogen) atoms. The molecule has 0 unspecified atom stereocenters. The first-order valence-corrected chi connectivity index (χ1v) is 6.91. The van der Waals surface area contributed by atoms with E-state index in [0.29, 0.717) is 35.5 Å². The molecule has 1 aromatic carbocycles. The topological polar surface area (TPSA) is 64.3 Å². The van der Waals surface area contributed by atoms with Crippen LogP contribution >= 0.6 is 11.6 Å². The van der Waals surface area contributed by atoms with Crippen LogP contribution in [0.15, 0.2) is 18.2 Å². The van der Waals surface area contributed by atoms with E-state index in [1.54, 1.807) is 18.2 Å². The van der Waals surface area contributed by atoms with Crippen molar-refractivity contribution >= 4 is 23.3 Å². The summed E-state index contributed by atoms with van der Waals surface area (Å²) in [4.78, 5) is 11.8. The molecule has 0 aromatic heterocycles. The number of hydrogen-bond acceptors (Lipinski definition) is 4. The van der Waals surface area contributed by atoms with E-state index in [9.17, 15) is 4.79 Å². The van der Waals surface area contributed by atoms with Crippen molar-refractivity contribution in [2.24, 2.45) is 0 Å². The van der Waals surface area contributed by atoms with Crippen LogP contribution in [-0.2, 0) is 4.74 Å². The van der Waals surface area contributed by atoms with Crippen LogP contribution in [0, 0.1) is 0 Å². The van der Waals surface area contributed by atoms with Gasteiger partial charge >= 0.3 is 5.97 Å². The molecule has 0 atom stereocenters. The van der Waals surface area contributed by atoms with Crippen LogP contribution in [0.2, 0.25) is 5.02 Å². The number of esters is 1. The lowest BCUT2D eigenvalue weighted by Gasteiger charge is -2.14. The average Bonchev–Trinajstić information content (AvgIpc) is 2.38. The van der Waals surface area contributed by atoms with Crippen molar-refractivity contribution < 1.29 is 9.53 Å². The number of anilines is 1. The first-order chi connectivity index (χ1) is 9.08. The Morgan fingerprint density at radius 2 is 2.11 bits per heavy atom. The second-order valence-electron chi connectivity index (χ2n) is 4.34. The first-order valence-electron chi connectivity index (χ1n) is 6.54. The molecule has 0 bridgehead atoms. The molecule has 0 spiro atoms. The van der Waals surface area contributed by atoms with Gasteiger partial charge in [0.05, 0.1) is 10.6 Å². The molecule has 4 nitrogen and oxygen atoms in total. The van der Waals surface area contributed by atoms with E-state index >= 15 is 0 Å². The summed E-state index contributed by atoms with van der Waals surface area (Å²) in [6.45, 7) is 5.23. The Hall–Kier alpha value is -1.26. The molecule has 0 aliphatic carbocycles. The average molecular weight is 285 g/mol. The Kier molecular flexibility index (Phi) is 6.67. The zero-order valence-corrected chi connectivity index (χ0v) is 12.2. The van der Waals surface area contributed by atoms with Crippen LogP contribution in [0.1, 0.15) is 37.0 Å². The molecule has 106 valence electrons. The highest BCUT2D eigenvalue weighted by Crippen LogP contribution is 2.19. The van der Waals surface area contributed by atoms with Crippen molar-refractivity contribution in [2.45, 2.75) is 32.7 Å². The summed E-state index contributed by atoms with van der Waals surface area (Å²) in [5, 5.41) is 3.64. The number of halogens is 1. The van der Waals surface area contributed by atoms with Crippen molar-refractivity contribution in [1.82, 2.24) is 5.32 Å². The Morgan fingerprint density at radius 3 is 2.68 bits per heavy atom. The summed E-state index contributed by atoms with van der Waals surface area (Å²) in [5.41, 5.74) is 6.44. The summed E-state index contributed by atoms with van der Waals surface area (Å²) >= 11 is 5.94. The van der Waals surface area contributed by atoms with Gasteiger partial charge in [-0.15, -0.1) is 0 Å². The van der Waals surface area contributed by atoms with Crippen LogP contribution in [0.25, 0.3) is 0 Å². The molecule has 0 fully saturated rings. The maximum Gasteiger partial charge on any atom is 0.339 e. The third-order valence-corrected chi connectivity index (χ3v) is 3.28. The largest absolute Gasteiger partial charge is 0.461 e. The lowest BCUT2D eigenvalue weighted by molar-refractivity contribution is 0.0505. The fraction of sp³-hybridized carbons (Fsp3) is 0.500. The molecule has 0 radical (unpaired) electrons. The molecule has 0 aliphatic rings. The minimum Gasteiger partial charge on any atom is -0.461 e. The number of benzene rings is 1. The monoisotopic (exact) mass is 284 g/mol. The van der Waals surface area contributed by atoms with Crippen molar-refractivity contribution in [3.8, 4) is 0 Å². The van der Waals surface area contributed by atoms with Crippen LogP contribution in [0.4, 0.5) is 5.69 Å². The summed E-state index contributed by atoms with van der Waals surface area (Å²) in [5.74, 6) is -0.420. The number of nitrogen functional groups attached to an aromatic ring is 1. The normalized spacial score (nSPS) is 10.7. The number of nitrogens with one attached hydrogen (secondary N) is 1. The lowest BCUT2D eigenvalue weighted by atomic mass is 10.2. The minimum absolute atomic E-state index is 0.318. The van der Waals surface area contributed by atoms with Gasteiger partial charge in [0.2, 0.25) is 0 Å². The quantitative estimate of drug-likeness (QED) is 0.459. The van der Waals surface area contributed by atoms with Gasteiger partial charge in [-0.05, 0) is 31.0 Å². The molecule has 3 N–H and O–H groups in total. The van der Waals surface area contributed by atoms with Gasteiger partial charge < -0.3 is 15.8 Å². The summed E-state index contributed by atoms with van der Waals surface area (Å²) in [6.07, 6.45) is 2.13. The molecule has 1 rings (SSSR count). The van der Waals surface area contributed by atoms with Crippen LogP contribution < -0.4 is 11.1 Å². The second-order valence-corrected chi connectivity index (χ2v) is 4.75. The molecule has 0 amide bonds. The van der Waals surface area contributed by atoms with Gasteiger partial charge in [0, 0.05) is 18.3 Å². The standard InChI is InChI=1S/C14H21ClN2O2/c1-3-11(4-2)17-7-8-19-14(18)12-6-5-10(16)9-13(12)15/h5-6,9,11,17H,3-4,7-8,16H2,1-2H3. The smallest absolute Gasteiger partial charge is 0.339 e. The van der Waals surface area contributed by atoms with Gasteiger partial charge in [-0.25, -0.2) is 4.79 Å². The fourth-order valence-electron chi connectivity index (χ4n) is 1.76. The molecule has 0 heterocycles. The Labute approximate surface area is 119 Å². The van der Waals surface area contributed by atoms with Gasteiger partial charge in [0.1, 0.15) is 6.61 Å². The maximum atomic E-state index is 11.8. The van der Waals surface area contributed by atoms with Crippen LogP contribution in [-0.4, -0.2) is 25.2 Å². The number of carbonyl (C=O) groups excluding carboxylic acids is 1. The fourth-order valence-corrected chi connectivity index (χ4v) is 2.02. The van der Waals surface area contributed by atoms with Crippen molar-refractivity contribution in [3.05, 3.63) is 28.8 Å². The molecule has 0 saturated carbocycles. The van der Waals surface area contributed by atoms with E-state index in [4.69, 9.17) is 22.1 Å². The van der Waals surface area contributed by atoms with Crippen molar-refractivity contribution in [2.75, 3.05) is 18.9 Å². The predicted octanol–water partition coefficient (Wildman–Crippen LogP) is 2.86. The highest BCUT2D eigenvalue weighted by molar-refractivity contribution is 6.33. The molecule has 0 saturated heterocycles. The number of hydrogen-bond donors (Lipinski definition) is 2. The highest BCUT2D eigenvalue weighted by atomic mass is 35.5. The van der Waals surface area contributed by atoms with E-state index in [-0.39, 0.29) is 0 Å². The third kappa shape index (κ3) is 5.09. The van der Waals surface area contributed by atoms with Gasteiger partial charge in [0.25, 0.3) is 0 Å². The Bertz CT molecular complexity index is 420. The van der Waals surface area contributed by atoms with Gasteiger partial charge in [-0.2, -0.15) is 0 Å². The predicted molar refractivity (Wildman–Crippen MR) is 78.5 cm³/mol. The van der Waals surface area contributed by atoms with E-state index in [1.807, 2.05) is 0 Å². The first kappa shape index (κ1) is 15.8. The molecular formula is C14H21ClN2O2. The minimum atomic E-state index is -0.420. The summed E-state index contributed by atoms with van der Waals surface area (Å²) < 4.78 is 5.16. The molecule has 1 aromatic rings. The number of rotatable bonds is 7. The highest BCUT2D eigenvalue weighted by Gasteiger charge is 2.11. The molecule has 0 aliphatic heterocycles. The SMILES string of the molecule is CCC(CC)NCCOC(=O)c1ccc(N)cc1Cl. The van der Waals surface area contributed by atoms with E-state index in [1.165, 1.54) is 0 Å².